The first-order valence-corrected chi connectivity index (χ1v) is 9.78. The molecule has 2 aliphatic heterocycles. The van der Waals surface area contributed by atoms with Crippen molar-refractivity contribution in [2.45, 2.75) is 43.2 Å². The van der Waals surface area contributed by atoms with Gasteiger partial charge in [0.2, 0.25) is 10.0 Å². The SMILES string of the molecule is CC1(C)CNCCN(C2CCCCS2(=O)=O)S1(=O)=O. The molecule has 112 valence electrons. The quantitative estimate of drug-likeness (QED) is 0.733. The fourth-order valence-corrected chi connectivity index (χ4v) is 6.93. The van der Waals surface area contributed by atoms with Gasteiger partial charge in [0.25, 0.3) is 0 Å². The van der Waals surface area contributed by atoms with Gasteiger partial charge in [-0.15, -0.1) is 0 Å². The Morgan fingerprint density at radius 2 is 1.84 bits per heavy atom. The van der Waals surface area contributed by atoms with E-state index in [1.807, 2.05) is 0 Å². The first-order valence-electron chi connectivity index (χ1n) is 6.62. The summed E-state index contributed by atoms with van der Waals surface area (Å²) in [7, 11) is -6.96. The Morgan fingerprint density at radius 3 is 2.47 bits per heavy atom. The number of hydrogen-bond acceptors (Lipinski definition) is 5. The maximum absolute atomic E-state index is 12.7. The van der Waals surface area contributed by atoms with Crippen molar-refractivity contribution in [1.29, 1.82) is 0 Å². The van der Waals surface area contributed by atoms with Gasteiger partial charge in [-0.25, -0.2) is 16.8 Å². The third-order valence-corrected chi connectivity index (χ3v) is 8.84. The van der Waals surface area contributed by atoms with Gasteiger partial charge in [0.1, 0.15) is 5.37 Å². The minimum absolute atomic E-state index is 0.0948. The first-order chi connectivity index (χ1) is 8.68. The van der Waals surface area contributed by atoms with Gasteiger partial charge in [0, 0.05) is 19.6 Å². The zero-order valence-electron chi connectivity index (χ0n) is 11.4. The van der Waals surface area contributed by atoms with Crippen LogP contribution < -0.4 is 5.32 Å². The lowest BCUT2D eigenvalue weighted by molar-refractivity contribution is 0.351. The molecule has 0 aliphatic carbocycles. The summed E-state index contributed by atoms with van der Waals surface area (Å²) in [4.78, 5) is 0. The van der Waals surface area contributed by atoms with E-state index in [-0.39, 0.29) is 12.3 Å². The fraction of sp³-hybridized carbons (Fsp3) is 1.00. The van der Waals surface area contributed by atoms with E-state index in [2.05, 4.69) is 5.32 Å². The highest BCUT2D eigenvalue weighted by Gasteiger charge is 2.47. The number of nitrogens with one attached hydrogen (secondary N) is 1. The van der Waals surface area contributed by atoms with Crippen molar-refractivity contribution in [3.8, 4) is 0 Å². The van der Waals surface area contributed by atoms with Gasteiger partial charge in [-0.1, -0.05) is 0 Å². The molecule has 0 amide bonds. The Kier molecular flexibility index (Phi) is 3.99. The maximum atomic E-state index is 12.7. The molecule has 1 atom stereocenters. The van der Waals surface area contributed by atoms with Crippen LogP contribution in [-0.4, -0.2) is 56.6 Å². The Balaban J connectivity index is 2.42. The minimum Gasteiger partial charge on any atom is -0.314 e. The zero-order chi connectivity index (χ0) is 14.3. The molecule has 0 spiro atoms. The molecule has 8 heteroatoms. The number of sulfone groups is 1. The lowest BCUT2D eigenvalue weighted by atomic mass is 10.2. The van der Waals surface area contributed by atoms with E-state index in [9.17, 15) is 16.8 Å². The van der Waals surface area contributed by atoms with Gasteiger partial charge in [0.05, 0.1) is 10.5 Å². The zero-order valence-corrected chi connectivity index (χ0v) is 13.1. The second-order valence-corrected chi connectivity index (χ2v) is 10.7. The van der Waals surface area contributed by atoms with E-state index in [0.29, 0.717) is 25.9 Å². The van der Waals surface area contributed by atoms with Crippen LogP contribution in [0.5, 0.6) is 0 Å². The van der Waals surface area contributed by atoms with Crippen LogP contribution in [0.25, 0.3) is 0 Å². The lowest BCUT2D eigenvalue weighted by Gasteiger charge is -2.36. The van der Waals surface area contributed by atoms with Crippen LogP contribution in [0.1, 0.15) is 33.1 Å². The number of sulfonamides is 1. The highest BCUT2D eigenvalue weighted by molar-refractivity contribution is 7.94. The molecule has 1 N–H and O–H groups in total. The summed E-state index contributed by atoms with van der Waals surface area (Å²) < 4.78 is 49.9. The molecule has 6 nitrogen and oxygen atoms in total. The van der Waals surface area contributed by atoms with Crippen LogP contribution in [0.4, 0.5) is 0 Å². The Hall–Kier alpha value is -0.180. The highest BCUT2D eigenvalue weighted by Crippen LogP contribution is 2.30. The molecular weight excluding hydrogens is 288 g/mol. The van der Waals surface area contributed by atoms with E-state index in [1.54, 1.807) is 13.8 Å². The summed E-state index contributed by atoms with van der Waals surface area (Å²) in [6.07, 6.45) is 1.82. The standard InChI is InChI=1S/C11H22N2O4S2/c1-11(2)9-12-6-7-13(19(11,16)17)10-5-3-4-8-18(10,14)15/h10,12H,3-9H2,1-2H3. The highest BCUT2D eigenvalue weighted by atomic mass is 32.2. The second kappa shape index (κ2) is 4.98. The molecule has 2 saturated heterocycles. The molecule has 2 heterocycles. The largest absolute Gasteiger partial charge is 0.314 e. The molecule has 2 aliphatic rings. The molecule has 2 rings (SSSR count). The molecule has 2 fully saturated rings. The molecule has 0 aromatic carbocycles. The Bertz CT molecular complexity index is 539. The molecular formula is C11H22N2O4S2. The van der Waals surface area contributed by atoms with Gasteiger partial charge < -0.3 is 5.32 Å². The molecule has 0 aromatic rings. The van der Waals surface area contributed by atoms with Crippen molar-refractivity contribution in [2.24, 2.45) is 0 Å². The Morgan fingerprint density at radius 1 is 1.16 bits per heavy atom. The third kappa shape index (κ3) is 2.68. The van der Waals surface area contributed by atoms with Crippen LogP contribution in [0.3, 0.4) is 0 Å². The molecule has 0 saturated carbocycles. The lowest BCUT2D eigenvalue weighted by Crippen LogP contribution is -2.53. The van der Waals surface area contributed by atoms with Crippen molar-refractivity contribution in [3.63, 3.8) is 0 Å². The maximum Gasteiger partial charge on any atom is 0.221 e. The molecule has 0 bridgehead atoms. The summed E-state index contributed by atoms with van der Waals surface area (Å²) in [6.45, 7) is 4.36. The van der Waals surface area contributed by atoms with E-state index < -0.39 is 30.0 Å². The van der Waals surface area contributed by atoms with Crippen molar-refractivity contribution in [2.75, 3.05) is 25.4 Å². The van der Waals surface area contributed by atoms with Gasteiger partial charge >= 0.3 is 0 Å². The van der Waals surface area contributed by atoms with Crippen LogP contribution in [0.2, 0.25) is 0 Å². The molecule has 0 aromatic heterocycles. The summed E-state index contributed by atoms with van der Waals surface area (Å²) >= 11 is 0. The minimum atomic E-state index is -3.62. The van der Waals surface area contributed by atoms with Crippen LogP contribution >= 0.6 is 0 Å². The van der Waals surface area contributed by atoms with Crippen LogP contribution in [0.15, 0.2) is 0 Å². The monoisotopic (exact) mass is 310 g/mol. The van der Waals surface area contributed by atoms with E-state index in [1.165, 1.54) is 4.31 Å². The van der Waals surface area contributed by atoms with E-state index in [0.717, 1.165) is 6.42 Å². The molecule has 19 heavy (non-hydrogen) atoms. The van der Waals surface area contributed by atoms with Gasteiger partial charge in [-0.05, 0) is 33.1 Å². The van der Waals surface area contributed by atoms with Crippen molar-refractivity contribution >= 4 is 19.9 Å². The third-order valence-electron chi connectivity index (χ3n) is 3.93. The molecule has 1 unspecified atom stereocenters. The van der Waals surface area contributed by atoms with Crippen molar-refractivity contribution in [1.82, 2.24) is 9.62 Å². The summed E-state index contributed by atoms with van der Waals surface area (Å²) in [5, 5.41) is 2.20. The summed E-state index contributed by atoms with van der Waals surface area (Å²) in [6, 6.07) is 0. The normalized spacial score (nSPS) is 34.5. The van der Waals surface area contributed by atoms with E-state index >= 15 is 0 Å². The van der Waals surface area contributed by atoms with Crippen LogP contribution in [0, 0.1) is 0 Å². The smallest absolute Gasteiger partial charge is 0.221 e. The summed E-state index contributed by atoms with van der Waals surface area (Å²) in [5.41, 5.74) is 0. The van der Waals surface area contributed by atoms with Crippen molar-refractivity contribution in [3.05, 3.63) is 0 Å². The van der Waals surface area contributed by atoms with Gasteiger partial charge in [-0.3, -0.25) is 0 Å². The van der Waals surface area contributed by atoms with Gasteiger partial charge in [0.15, 0.2) is 9.84 Å². The first kappa shape index (κ1) is 15.2. The summed E-state index contributed by atoms with van der Waals surface area (Å²) in [5.74, 6) is 0.0948. The van der Waals surface area contributed by atoms with E-state index in [4.69, 9.17) is 0 Å². The average molecular weight is 310 g/mol. The molecule has 0 radical (unpaired) electrons. The van der Waals surface area contributed by atoms with Crippen molar-refractivity contribution < 1.29 is 16.8 Å². The number of nitrogens with zero attached hydrogens (tertiary/aromatic N) is 1. The second-order valence-electron chi connectivity index (χ2n) is 5.87. The number of rotatable bonds is 1. The Labute approximate surface area is 115 Å². The topological polar surface area (TPSA) is 83.6 Å². The van der Waals surface area contributed by atoms with Crippen LogP contribution in [-0.2, 0) is 19.9 Å². The average Bonchev–Trinajstić information content (AvgIpc) is 2.38. The predicted octanol–water partition coefficient (Wildman–Crippen LogP) is -0.0752. The fourth-order valence-electron chi connectivity index (χ4n) is 2.67. The number of hydrogen-bond donors (Lipinski definition) is 1. The van der Waals surface area contributed by atoms with Gasteiger partial charge in [-0.2, -0.15) is 4.31 Å². The predicted molar refractivity (Wildman–Crippen MR) is 74.0 cm³/mol.